The number of halogens is 1. The lowest BCUT2D eigenvalue weighted by Crippen LogP contribution is -2.35. The summed E-state index contributed by atoms with van der Waals surface area (Å²) >= 11 is 7.52. The van der Waals surface area contributed by atoms with Crippen molar-refractivity contribution in [2.75, 3.05) is 13.6 Å². The number of thiazole rings is 1. The third kappa shape index (κ3) is 4.73. The highest BCUT2D eigenvalue weighted by Gasteiger charge is 2.21. The van der Waals surface area contributed by atoms with Crippen LogP contribution in [-0.2, 0) is 12.3 Å². The van der Waals surface area contributed by atoms with Crippen LogP contribution in [-0.4, -0.2) is 29.5 Å². The number of nitrogens with zero attached hydrogens (tertiary/aromatic N) is 2. The molecule has 0 aliphatic heterocycles. The smallest absolute Gasteiger partial charge is 0.0929 e. The summed E-state index contributed by atoms with van der Waals surface area (Å²) in [6.07, 6.45) is 7.87. The van der Waals surface area contributed by atoms with Gasteiger partial charge in [-0.2, -0.15) is 0 Å². The van der Waals surface area contributed by atoms with Gasteiger partial charge in [-0.15, -0.1) is 22.9 Å². The maximum Gasteiger partial charge on any atom is 0.0929 e. The molecule has 1 aromatic heterocycles. The Balaban J connectivity index is 1.67. The summed E-state index contributed by atoms with van der Waals surface area (Å²) in [7, 11) is 2.28. The van der Waals surface area contributed by atoms with Crippen molar-refractivity contribution in [3.8, 4) is 0 Å². The van der Waals surface area contributed by atoms with Gasteiger partial charge in [0, 0.05) is 17.8 Å². The first kappa shape index (κ1) is 15.3. The fraction of sp³-hybridized carbons (Fsp3) is 0.800. The summed E-state index contributed by atoms with van der Waals surface area (Å²) in [4.78, 5) is 7.07. The first-order valence-corrected chi connectivity index (χ1v) is 8.80. The predicted molar refractivity (Wildman–Crippen MR) is 84.0 cm³/mol. The molecule has 1 aliphatic carbocycles. The van der Waals surface area contributed by atoms with Crippen LogP contribution in [0.25, 0.3) is 0 Å². The Labute approximate surface area is 126 Å². The zero-order chi connectivity index (χ0) is 13.7. The fourth-order valence-corrected chi connectivity index (χ4v) is 3.94. The van der Waals surface area contributed by atoms with Crippen molar-refractivity contribution >= 4 is 22.9 Å². The largest absolute Gasteiger partial charge is 0.303 e. The normalized spacial score (nSPS) is 24.0. The Hall–Kier alpha value is -0.120. The Morgan fingerprint density at radius 1 is 1.37 bits per heavy atom. The van der Waals surface area contributed by atoms with Crippen LogP contribution in [0.3, 0.4) is 0 Å². The van der Waals surface area contributed by atoms with Gasteiger partial charge in [-0.25, -0.2) is 4.98 Å². The van der Waals surface area contributed by atoms with Crippen LogP contribution in [0, 0.1) is 5.92 Å². The molecule has 2 nitrogen and oxygen atoms in total. The van der Waals surface area contributed by atoms with E-state index >= 15 is 0 Å². The zero-order valence-electron chi connectivity index (χ0n) is 12.1. The van der Waals surface area contributed by atoms with E-state index < -0.39 is 0 Å². The van der Waals surface area contributed by atoms with Gasteiger partial charge in [0.25, 0.3) is 0 Å². The van der Waals surface area contributed by atoms with Crippen molar-refractivity contribution in [1.29, 1.82) is 0 Å². The Morgan fingerprint density at radius 2 is 2.11 bits per heavy atom. The Kier molecular flexibility index (Phi) is 6.11. The molecule has 0 N–H and O–H groups in total. The van der Waals surface area contributed by atoms with Crippen LogP contribution in [0.2, 0.25) is 0 Å². The highest BCUT2D eigenvalue weighted by atomic mass is 35.5. The first-order valence-electron chi connectivity index (χ1n) is 7.38. The van der Waals surface area contributed by atoms with Crippen LogP contribution < -0.4 is 0 Å². The van der Waals surface area contributed by atoms with Gasteiger partial charge < -0.3 is 4.90 Å². The van der Waals surface area contributed by atoms with E-state index in [0.29, 0.717) is 5.88 Å². The Morgan fingerprint density at radius 3 is 2.74 bits per heavy atom. The van der Waals surface area contributed by atoms with Crippen LogP contribution in [0.4, 0.5) is 0 Å². The van der Waals surface area contributed by atoms with Crippen LogP contribution in [0.5, 0.6) is 0 Å². The molecule has 4 heteroatoms. The molecule has 0 radical (unpaired) electrons. The second-order valence-corrected chi connectivity index (χ2v) is 7.07. The maximum absolute atomic E-state index is 5.77. The summed E-state index contributed by atoms with van der Waals surface area (Å²) in [5, 5.41) is 3.32. The van der Waals surface area contributed by atoms with Gasteiger partial charge >= 0.3 is 0 Å². The summed E-state index contributed by atoms with van der Waals surface area (Å²) < 4.78 is 0. The van der Waals surface area contributed by atoms with Crippen LogP contribution in [0.15, 0.2) is 5.38 Å². The maximum atomic E-state index is 5.77. The van der Waals surface area contributed by atoms with Crippen molar-refractivity contribution in [1.82, 2.24) is 9.88 Å². The quantitative estimate of drug-likeness (QED) is 0.727. The third-order valence-electron chi connectivity index (χ3n) is 4.25. The Bertz CT molecular complexity index is 372. The minimum absolute atomic E-state index is 0.538. The van der Waals surface area contributed by atoms with Gasteiger partial charge in [0.2, 0.25) is 0 Å². The molecule has 108 valence electrons. The van der Waals surface area contributed by atoms with Crippen molar-refractivity contribution in [3.05, 3.63) is 16.1 Å². The SMILES string of the molecule is CC1CCC(N(C)CCCc2nc(CCl)cs2)CC1. The molecule has 1 fully saturated rings. The molecule has 0 atom stereocenters. The van der Waals surface area contributed by atoms with Crippen LogP contribution in [0.1, 0.15) is 49.7 Å². The molecular weight excluding hydrogens is 276 g/mol. The number of alkyl halides is 1. The number of hydrogen-bond donors (Lipinski definition) is 0. The van der Waals surface area contributed by atoms with Crippen molar-refractivity contribution < 1.29 is 0 Å². The van der Waals surface area contributed by atoms with E-state index in [1.807, 2.05) is 0 Å². The third-order valence-corrected chi connectivity index (χ3v) is 5.48. The van der Waals surface area contributed by atoms with E-state index in [0.717, 1.165) is 24.1 Å². The minimum Gasteiger partial charge on any atom is -0.303 e. The molecule has 1 saturated carbocycles. The van der Waals surface area contributed by atoms with Gasteiger partial charge in [0.15, 0.2) is 0 Å². The molecule has 0 spiro atoms. The molecule has 0 amide bonds. The van der Waals surface area contributed by atoms with Crippen molar-refractivity contribution in [3.63, 3.8) is 0 Å². The van der Waals surface area contributed by atoms with Gasteiger partial charge in [0.1, 0.15) is 0 Å². The molecular formula is C15H25ClN2S. The zero-order valence-corrected chi connectivity index (χ0v) is 13.6. The molecule has 0 saturated heterocycles. The molecule has 0 unspecified atom stereocenters. The van der Waals surface area contributed by atoms with Crippen molar-refractivity contribution in [2.24, 2.45) is 5.92 Å². The molecule has 1 aliphatic rings. The van der Waals surface area contributed by atoms with E-state index in [-0.39, 0.29) is 0 Å². The average molecular weight is 301 g/mol. The summed E-state index contributed by atoms with van der Waals surface area (Å²) in [6.45, 7) is 3.57. The molecule has 1 heterocycles. The number of rotatable bonds is 6. The molecule has 2 rings (SSSR count). The number of aromatic nitrogens is 1. The minimum atomic E-state index is 0.538. The van der Waals surface area contributed by atoms with Crippen LogP contribution >= 0.6 is 22.9 Å². The van der Waals surface area contributed by atoms with Gasteiger partial charge in [-0.1, -0.05) is 6.92 Å². The highest BCUT2D eigenvalue weighted by molar-refractivity contribution is 7.09. The van der Waals surface area contributed by atoms with E-state index in [4.69, 9.17) is 11.6 Å². The summed E-state index contributed by atoms with van der Waals surface area (Å²) in [6, 6.07) is 0.811. The van der Waals surface area contributed by atoms with Gasteiger partial charge in [-0.3, -0.25) is 0 Å². The topological polar surface area (TPSA) is 16.1 Å². The lowest BCUT2D eigenvalue weighted by Gasteiger charge is -2.33. The van der Waals surface area contributed by atoms with E-state index in [1.165, 1.54) is 43.7 Å². The standard InChI is InChI=1S/C15H25ClN2S/c1-12-5-7-14(8-6-12)18(2)9-3-4-15-17-13(10-16)11-19-15/h11-12,14H,3-10H2,1-2H3. The molecule has 0 aromatic carbocycles. The summed E-state index contributed by atoms with van der Waals surface area (Å²) in [5.41, 5.74) is 1.02. The van der Waals surface area contributed by atoms with Crippen molar-refractivity contribution in [2.45, 2.75) is 57.4 Å². The number of hydrogen-bond acceptors (Lipinski definition) is 3. The fourth-order valence-electron chi connectivity index (χ4n) is 2.87. The average Bonchev–Trinajstić information content (AvgIpc) is 2.87. The monoisotopic (exact) mass is 300 g/mol. The van der Waals surface area contributed by atoms with E-state index in [1.54, 1.807) is 11.3 Å². The second kappa shape index (κ2) is 7.61. The highest BCUT2D eigenvalue weighted by Crippen LogP contribution is 2.26. The molecule has 0 bridgehead atoms. The molecule has 19 heavy (non-hydrogen) atoms. The van der Waals surface area contributed by atoms with Gasteiger partial charge in [0.05, 0.1) is 16.6 Å². The van der Waals surface area contributed by atoms with E-state index in [9.17, 15) is 0 Å². The predicted octanol–water partition coefficient (Wildman–Crippen LogP) is 4.33. The lowest BCUT2D eigenvalue weighted by molar-refractivity contribution is 0.169. The van der Waals surface area contributed by atoms with Gasteiger partial charge in [-0.05, 0) is 51.6 Å². The first-order chi connectivity index (χ1) is 9.19. The second-order valence-electron chi connectivity index (χ2n) is 5.86. The van der Waals surface area contributed by atoms with E-state index in [2.05, 4.69) is 29.2 Å². The summed E-state index contributed by atoms with van der Waals surface area (Å²) in [5.74, 6) is 1.48. The lowest BCUT2D eigenvalue weighted by atomic mass is 9.87. The molecule has 1 aromatic rings. The number of aryl methyl sites for hydroxylation is 1.